The molecule has 0 aliphatic carbocycles. The van der Waals surface area contributed by atoms with Gasteiger partial charge < -0.3 is 20.2 Å². The summed E-state index contributed by atoms with van der Waals surface area (Å²) in [5, 5.41) is 13.9. The van der Waals surface area contributed by atoms with Crippen LogP contribution in [0.25, 0.3) is 0 Å². The molecule has 0 fully saturated rings. The zero-order valence-electron chi connectivity index (χ0n) is 13.8. The molecule has 0 saturated heterocycles. The molecular formula is C17H16ClN3O5. The van der Waals surface area contributed by atoms with Gasteiger partial charge in [0.25, 0.3) is 5.91 Å². The summed E-state index contributed by atoms with van der Waals surface area (Å²) in [6.45, 7) is -0.760. The Labute approximate surface area is 154 Å². The zero-order valence-corrected chi connectivity index (χ0v) is 14.6. The molecule has 8 nitrogen and oxygen atoms in total. The largest absolute Gasteiger partial charge is 0.619 e. The molecule has 2 amide bonds. The normalized spacial score (nSPS) is 10.1. The third kappa shape index (κ3) is 5.45. The van der Waals surface area contributed by atoms with Crippen LogP contribution in [0.1, 0.15) is 10.4 Å². The predicted molar refractivity (Wildman–Crippen MR) is 93.4 cm³/mol. The van der Waals surface area contributed by atoms with Crippen LogP contribution in [0, 0.1) is 5.21 Å². The highest BCUT2D eigenvalue weighted by Gasteiger charge is 2.17. The second-order valence-corrected chi connectivity index (χ2v) is 5.71. The molecule has 0 spiro atoms. The fourth-order valence-corrected chi connectivity index (χ4v) is 2.11. The van der Waals surface area contributed by atoms with E-state index in [1.165, 1.54) is 19.2 Å². The number of nitrogens with zero attached hydrogens (tertiary/aromatic N) is 2. The number of anilines is 1. The van der Waals surface area contributed by atoms with Crippen LogP contribution in [0.4, 0.5) is 5.69 Å². The fourth-order valence-electron chi connectivity index (χ4n) is 1.93. The summed E-state index contributed by atoms with van der Waals surface area (Å²) in [6.07, 6.45) is 2.28. The van der Waals surface area contributed by atoms with E-state index in [2.05, 4.69) is 5.32 Å². The maximum absolute atomic E-state index is 12.0. The Morgan fingerprint density at radius 2 is 1.85 bits per heavy atom. The smallest absolute Gasteiger partial charge is 0.339 e. The average molecular weight is 378 g/mol. The van der Waals surface area contributed by atoms with Crippen molar-refractivity contribution >= 4 is 35.1 Å². The zero-order chi connectivity index (χ0) is 19.1. The van der Waals surface area contributed by atoms with Crippen LogP contribution in [-0.2, 0) is 14.3 Å². The van der Waals surface area contributed by atoms with Crippen LogP contribution in [0.2, 0.25) is 5.02 Å². The number of para-hydroxylation sites is 1. The van der Waals surface area contributed by atoms with Crippen LogP contribution >= 0.6 is 11.6 Å². The number of ether oxygens (including phenoxy) is 1. The molecule has 0 radical (unpaired) electrons. The first kappa shape index (κ1) is 19.2. The first-order chi connectivity index (χ1) is 12.4. The molecule has 136 valence electrons. The van der Waals surface area contributed by atoms with Gasteiger partial charge in [0.05, 0.1) is 22.8 Å². The highest BCUT2D eigenvalue weighted by atomic mass is 35.5. The molecule has 1 aromatic carbocycles. The van der Waals surface area contributed by atoms with E-state index in [-0.39, 0.29) is 12.1 Å². The van der Waals surface area contributed by atoms with Crippen LogP contribution < -0.4 is 10.0 Å². The van der Waals surface area contributed by atoms with Gasteiger partial charge in [-0.05, 0) is 12.1 Å². The van der Waals surface area contributed by atoms with E-state index < -0.39 is 24.4 Å². The number of rotatable bonds is 6. The Kier molecular flexibility index (Phi) is 6.51. The average Bonchev–Trinajstić information content (AvgIpc) is 2.61. The second-order valence-electron chi connectivity index (χ2n) is 5.30. The predicted octanol–water partition coefficient (Wildman–Crippen LogP) is 1.23. The summed E-state index contributed by atoms with van der Waals surface area (Å²) in [5.74, 6) is -1.74. The number of hydrogen-bond donors (Lipinski definition) is 1. The van der Waals surface area contributed by atoms with Crippen molar-refractivity contribution in [2.24, 2.45) is 0 Å². The van der Waals surface area contributed by atoms with Gasteiger partial charge in [-0.2, -0.15) is 4.73 Å². The number of amides is 2. The lowest BCUT2D eigenvalue weighted by atomic mass is 10.3. The molecule has 0 saturated carbocycles. The van der Waals surface area contributed by atoms with Crippen LogP contribution in [-0.4, -0.2) is 42.9 Å². The van der Waals surface area contributed by atoms with Gasteiger partial charge in [-0.1, -0.05) is 23.7 Å². The van der Waals surface area contributed by atoms with Gasteiger partial charge in [-0.25, -0.2) is 4.79 Å². The Hall–Kier alpha value is -3.13. The third-order valence-electron chi connectivity index (χ3n) is 3.32. The first-order valence-corrected chi connectivity index (χ1v) is 7.89. The maximum atomic E-state index is 12.0. The summed E-state index contributed by atoms with van der Waals surface area (Å²) >= 11 is 5.95. The van der Waals surface area contributed by atoms with E-state index in [1.807, 2.05) is 0 Å². The second kappa shape index (κ2) is 8.82. The Morgan fingerprint density at radius 1 is 1.19 bits per heavy atom. The third-order valence-corrected chi connectivity index (χ3v) is 3.65. The van der Waals surface area contributed by atoms with Crippen molar-refractivity contribution in [3.05, 3.63) is 64.6 Å². The summed E-state index contributed by atoms with van der Waals surface area (Å²) in [6, 6.07) is 9.26. The van der Waals surface area contributed by atoms with E-state index in [1.54, 1.807) is 24.3 Å². The van der Waals surface area contributed by atoms with Crippen molar-refractivity contribution in [3.63, 3.8) is 0 Å². The SMILES string of the molecule is CN(CC(=O)Nc1ccccc1Cl)C(=O)COC(=O)c1cc[n+]([O-])cc1. The summed E-state index contributed by atoms with van der Waals surface area (Å²) < 4.78 is 5.40. The van der Waals surface area contributed by atoms with E-state index >= 15 is 0 Å². The van der Waals surface area contributed by atoms with Crippen molar-refractivity contribution in [1.29, 1.82) is 0 Å². The minimum Gasteiger partial charge on any atom is -0.619 e. The van der Waals surface area contributed by atoms with E-state index in [9.17, 15) is 19.6 Å². The number of hydrogen-bond acceptors (Lipinski definition) is 5. The quantitative estimate of drug-likeness (QED) is 0.463. The first-order valence-electron chi connectivity index (χ1n) is 7.51. The molecule has 0 aliphatic heterocycles. The number of nitrogens with one attached hydrogen (secondary N) is 1. The molecule has 1 heterocycles. The lowest BCUT2D eigenvalue weighted by Gasteiger charge is -2.17. The van der Waals surface area contributed by atoms with Gasteiger partial charge in [-0.15, -0.1) is 0 Å². The molecule has 0 unspecified atom stereocenters. The topological polar surface area (TPSA) is 103 Å². The molecule has 0 bridgehead atoms. The van der Waals surface area contributed by atoms with Crippen molar-refractivity contribution < 1.29 is 23.9 Å². The van der Waals surface area contributed by atoms with Gasteiger partial charge in [0.15, 0.2) is 19.0 Å². The van der Waals surface area contributed by atoms with Crippen LogP contribution in [0.5, 0.6) is 0 Å². The monoisotopic (exact) mass is 377 g/mol. The number of esters is 1. The number of benzene rings is 1. The van der Waals surface area contributed by atoms with Gasteiger partial charge in [0.2, 0.25) is 5.91 Å². The van der Waals surface area contributed by atoms with E-state index in [0.29, 0.717) is 15.4 Å². The Bertz CT molecular complexity index is 810. The molecule has 26 heavy (non-hydrogen) atoms. The van der Waals surface area contributed by atoms with Crippen molar-refractivity contribution in [1.82, 2.24) is 4.90 Å². The van der Waals surface area contributed by atoms with Gasteiger partial charge in [-0.3, -0.25) is 9.59 Å². The number of carbonyl (C=O) groups is 3. The molecule has 0 atom stereocenters. The number of pyridine rings is 1. The summed E-state index contributed by atoms with van der Waals surface area (Å²) in [5.41, 5.74) is 0.579. The summed E-state index contributed by atoms with van der Waals surface area (Å²) in [7, 11) is 1.41. The van der Waals surface area contributed by atoms with E-state index in [0.717, 1.165) is 17.3 Å². The van der Waals surface area contributed by atoms with Crippen molar-refractivity contribution in [3.8, 4) is 0 Å². The molecule has 1 N–H and O–H groups in total. The molecule has 2 rings (SSSR count). The summed E-state index contributed by atoms with van der Waals surface area (Å²) in [4.78, 5) is 36.9. The number of carbonyl (C=O) groups excluding carboxylic acids is 3. The standard InChI is InChI=1S/C17H16ClN3O5/c1-20(10-15(22)19-14-5-3-2-4-13(14)18)16(23)11-26-17(24)12-6-8-21(25)9-7-12/h2-9H,10-11H2,1H3,(H,19,22). The van der Waals surface area contributed by atoms with E-state index in [4.69, 9.17) is 16.3 Å². The highest BCUT2D eigenvalue weighted by Crippen LogP contribution is 2.20. The molecule has 2 aromatic rings. The molecular weight excluding hydrogens is 362 g/mol. The Balaban J connectivity index is 1.81. The van der Waals surface area contributed by atoms with Gasteiger partial charge >= 0.3 is 5.97 Å². The highest BCUT2D eigenvalue weighted by molar-refractivity contribution is 6.33. The lowest BCUT2D eigenvalue weighted by Crippen LogP contribution is -2.37. The minimum atomic E-state index is -0.743. The Morgan fingerprint density at radius 3 is 2.50 bits per heavy atom. The fraction of sp³-hybridized carbons (Fsp3) is 0.176. The van der Waals surface area contributed by atoms with Gasteiger partial charge in [0.1, 0.15) is 0 Å². The number of aromatic nitrogens is 1. The van der Waals surface area contributed by atoms with Crippen molar-refractivity contribution in [2.75, 3.05) is 25.5 Å². The number of likely N-dealkylation sites (N-methyl/N-ethyl adjacent to an activating group) is 1. The molecule has 0 aliphatic rings. The van der Waals surface area contributed by atoms with Crippen LogP contribution in [0.3, 0.4) is 0 Å². The minimum absolute atomic E-state index is 0.143. The van der Waals surface area contributed by atoms with Crippen molar-refractivity contribution in [2.45, 2.75) is 0 Å². The number of halogens is 1. The van der Waals surface area contributed by atoms with Gasteiger partial charge in [0, 0.05) is 19.2 Å². The molecule has 1 aromatic heterocycles. The van der Waals surface area contributed by atoms with Crippen LogP contribution in [0.15, 0.2) is 48.8 Å². The molecule has 9 heteroatoms. The lowest BCUT2D eigenvalue weighted by molar-refractivity contribution is -0.605. The maximum Gasteiger partial charge on any atom is 0.339 e.